The van der Waals surface area contributed by atoms with Gasteiger partial charge in [-0.25, -0.2) is 9.97 Å². The molecule has 9 atom stereocenters. The Hall–Kier alpha value is -7.40. The number of nitriles is 1. The third kappa shape index (κ3) is 14.5. The summed E-state index contributed by atoms with van der Waals surface area (Å²) in [6.07, 6.45) is -1.18. The van der Waals surface area contributed by atoms with Gasteiger partial charge in [-0.05, 0) is 88.3 Å². The van der Waals surface area contributed by atoms with Gasteiger partial charge in [-0.1, -0.05) is 113 Å². The van der Waals surface area contributed by atoms with Crippen LogP contribution in [-0.4, -0.2) is 124 Å². The van der Waals surface area contributed by atoms with E-state index < -0.39 is 79.7 Å². The number of nitrogens with zero attached hydrogens (tertiary/aromatic N) is 8. The Morgan fingerprint density at radius 2 is 1.46 bits per heavy atom. The van der Waals surface area contributed by atoms with Crippen LogP contribution in [0.1, 0.15) is 89.1 Å². The first-order valence-electron chi connectivity index (χ1n) is 29.3. The molecule has 2 fully saturated rings. The number of anilines is 1. The molecule has 4 aromatic carbocycles. The highest BCUT2D eigenvalue weighted by Gasteiger charge is 2.56. The summed E-state index contributed by atoms with van der Waals surface area (Å²) in [5.41, 5.74) is 2.63. The molecule has 1 amide bonds. The van der Waals surface area contributed by atoms with Crippen LogP contribution in [0.4, 0.5) is 5.69 Å². The first-order chi connectivity index (χ1) is 43.1. The number of pyridine rings is 1. The normalized spacial score (nSPS) is 20.2. The fraction of sp³-hybridized carbons (Fsp3) is 0.413. The zero-order chi connectivity index (χ0) is 64.0. The van der Waals surface area contributed by atoms with Gasteiger partial charge in [0.05, 0.1) is 58.3 Å². The Morgan fingerprint density at radius 3 is 2.09 bits per heavy atom. The van der Waals surface area contributed by atoms with Crippen molar-refractivity contribution in [2.75, 3.05) is 46.0 Å². The van der Waals surface area contributed by atoms with Crippen molar-refractivity contribution in [1.82, 2.24) is 33.9 Å². The van der Waals surface area contributed by atoms with Crippen LogP contribution in [0.25, 0.3) is 16.9 Å². The molecule has 0 bridgehead atoms. The predicted molar refractivity (Wildman–Crippen MR) is 335 cm³/mol. The first-order valence-corrected chi connectivity index (χ1v) is 34.4. The second kappa shape index (κ2) is 28.0. The van der Waals surface area contributed by atoms with Crippen molar-refractivity contribution in [2.45, 2.75) is 127 Å². The summed E-state index contributed by atoms with van der Waals surface area (Å²) in [6.45, 7) is 15.8. The van der Waals surface area contributed by atoms with Gasteiger partial charge >= 0.3 is 16.9 Å². The number of benzene rings is 4. The Labute approximate surface area is 524 Å². The maximum atomic E-state index is 13.5. The summed E-state index contributed by atoms with van der Waals surface area (Å²) in [6, 6.07) is 37.7. The minimum absolute atomic E-state index is 0.0252. The first kappa shape index (κ1) is 65.5. The third-order valence-electron chi connectivity index (χ3n) is 16.3. The lowest BCUT2D eigenvalue weighted by Crippen LogP contribution is -2.50. The van der Waals surface area contributed by atoms with Crippen LogP contribution < -0.4 is 25.1 Å². The van der Waals surface area contributed by atoms with Crippen LogP contribution in [-0.2, 0) is 57.1 Å². The van der Waals surface area contributed by atoms with Gasteiger partial charge in [0.2, 0.25) is 5.78 Å². The molecule has 0 saturated carbocycles. The van der Waals surface area contributed by atoms with Crippen molar-refractivity contribution in [3.8, 4) is 23.3 Å². The monoisotopic (exact) mass is 1290 g/mol. The number of ether oxygens (including phenoxy) is 6. The molecule has 474 valence electrons. The fourth-order valence-corrected chi connectivity index (χ4v) is 13.4. The molecule has 0 radical (unpaired) electrons. The molecule has 2 aliphatic heterocycles. The van der Waals surface area contributed by atoms with E-state index in [2.05, 4.69) is 73.2 Å². The van der Waals surface area contributed by atoms with Gasteiger partial charge < -0.3 is 51.7 Å². The molecular weight excluding hydrogens is 1210 g/mol. The van der Waals surface area contributed by atoms with Crippen LogP contribution in [0.15, 0.2) is 145 Å². The molecule has 10 rings (SSSR count). The summed E-state index contributed by atoms with van der Waals surface area (Å²) < 4.78 is 88.4. The van der Waals surface area contributed by atoms with E-state index in [1.165, 1.54) is 39.9 Å². The van der Waals surface area contributed by atoms with Crippen LogP contribution in [0.5, 0.6) is 17.2 Å². The molecule has 2 N–H and O–H groups in total. The average molecular weight is 1290 g/mol. The second-order valence-electron chi connectivity index (χ2n) is 24.1. The van der Waals surface area contributed by atoms with E-state index in [0.717, 1.165) is 22.3 Å². The van der Waals surface area contributed by atoms with E-state index >= 15 is 0 Å². The summed E-state index contributed by atoms with van der Waals surface area (Å²) in [7, 11) is -5.22. The summed E-state index contributed by atoms with van der Waals surface area (Å²) >= 11 is 0. The Balaban J connectivity index is 0.993. The number of hydrogen-bond acceptors (Lipinski definition) is 19. The number of amides is 1. The number of nitrogens with one attached hydrogen (secondary N) is 1. The molecule has 0 spiro atoms. The van der Waals surface area contributed by atoms with Gasteiger partial charge in [-0.3, -0.25) is 18.6 Å². The van der Waals surface area contributed by atoms with Crippen LogP contribution in [0, 0.1) is 11.3 Å². The molecule has 2 aliphatic rings. The number of imidazole rings is 1. The highest BCUT2D eigenvalue weighted by Crippen LogP contribution is 2.50. The van der Waals surface area contributed by atoms with Crippen molar-refractivity contribution in [2.24, 2.45) is 0 Å². The van der Waals surface area contributed by atoms with Gasteiger partial charge in [0, 0.05) is 41.8 Å². The van der Waals surface area contributed by atoms with E-state index in [4.69, 9.17) is 50.9 Å². The molecule has 2 unspecified atom stereocenters. The summed E-state index contributed by atoms with van der Waals surface area (Å²) in [5, 5.41) is 21.4. The van der Waals surface area contributed by atoms with Gasteiger partial charge in [0.25, 0.3) is 11.5 Å². The molecule has 90 heavy (non-hydrogen) atoms. The van der Waals surface area contributed by atoms with E-state index in [1.807, 2.05) is 116 Å². The Bertz CT molecular complexity index is 3810. The molecule has 6 heterocycles. The van der Waals surface area contributed by atoms with E-state index in [1.54, 1.807) is 24.9 Å². The van der Waals surface area contributed by atoms with Crippen molar-refractivity contribution in [3.05, 3.63) is 173 Å². The topological polar surface area (TPSA) is 275 Å². The van der Waals surface area contributed by atoms with Crippen LogP contribution in [0.3, 0.4) is 0 Å². The quantitative estimate of drug-likeness (QED) is 0.0221. The molecular formula is C63H74N9O15P2Si+. The predicted octanol–water partition coefficient (Wildman–Crippen LogP) is 10.8. The number of hydrogen-bond donors (Lipinski definition) is 2. The van der Waals surface area contributed by atoms with Crippen LogP contribution >= 0.6 is 16.9 Å². The lowest BCUT2D eigenvalue weighted by molar-refractivity contribution is -0.118. The van der Waals surface area contributed by atoms with Gasteiger partial charge in [0.1, 0.15) is 41.2 Å². The summed E-state index contributed by atoms with van der Waals surface area (Å²) in [4.78, 5) is 46.0. The van der Waals surface area contributed by atoms with Gasteiger partial charge in [-0.15, -0.1) is 14.5 Å². The largest absolute Gasteiger partial charge is 0.695 e. The number of aromatic nitrogens is 7. The Kier molecular flexibility index (Phi) is 20.4. The SMILES string of the molecule is COc1ccc(C(OC[C@H]2O[C@@H](n3nnc4c(NC(=O)COc5ccc(C(C)(C)C)cc5)ccnc43)C[C@@H]2OP(OCCC#N)OC[C@H]2O[C@@H](n3ccc(=O)n4ccnc34)[C@H](O[P+](=O)O)[C@@H]2O[Si](C)(C)C(C)(C)C)(c2ccccc2)c2ccc(OC)cc2)cc1. The molecule has 4 aromatic heterocycles. The third-order valence-corrected chi connectivity index (χ3v) is 22.4. The van der Waals surface area contributed by atoms with E-state index in [0.29, 0.717) is 22.9 Å². The standard InChI is InChI=1S/C63H73N9O15P2Si/c1-61(2,3)41-17-27-47(28-18-41)79-40-52(73)67-48-29-32-65-58-55(48)68-69-72(58)54-37-49(50(83-54)38-80-63(42-15-12-11-13-16-42,43-19-23-45(77-7)24-20-43)44-21-25-46(78-8)26-22-44)85-89(81-36-14-31-64)82-39-51-56(87-90(9,10)62(4,5)6)57(86-88(75)76)59(84-51)71-34-30-53(74)70-35-33-66-60(70)71/h11-13,15-30,32-35,49-51,54,56-57,59H,14,36-40H2,1-10H3,(H-,65,67,69,73,75,76)/p+1/t49-,50+,51+,54+,56+,57+,59+,89?/m0/s1. The maximum Gasteiger partial charge on any atom is 0.695 e. The second-order valence-corrected chi connectivity index (χ2v) is 30.8. The lowest BCUT2D eigenvalue weighted by atomic mass is 9.80. The molecule has 8 aromatic rings. The smallest absolute Gasteiger partial charge is 0.497 e. The number of carbonyl (C=O) groups is 1. The minimum Gasteiger partial charge on any atom is -0.497 e. The van der Waals surface area contributed by atoms with Gasteiger partial charge in [-0.2, -0.15) is 9.94 Å². The van der Waals surface area contributed by atoms with Crippen molar-refractivity contribution < 1.29 is 65.2 Å². The molecule has 2 saturated heterocycles. The van der Waals surface area contributed by atoms with Crippen LogP contribution in [0.2, 0.25) is 18.1 Å². The molecule has 27 heteroatoms. The number of fused-ring (bicyclic) bond motifs is 2. The zero-order valence-corrected chi connectivity index (χ0v) is 54.5. The molecule has 24 nitrogen and oxygen atoms in total. The number of rotatable bonds is 26. The van der Waals surface area contributed by atoms with Crippen molar-refractivity contribution >= 4 is 53.7 Å². The average Bonchev–Trinajstić information content (AvgIpc) is 1.20. The number of carbonyl (C=O) groups excluding carboxylic acids is 1. The zero-order valence-electron chi connectivity index (χ0n) is 51.7. The summed E-state index contributed by atoms with van der Waals surface area (Å²) in [5.74, 6) is 1.56. The molecule has 0 aliphatic carbocycles. The van der Waals surface area contributed by atoms with E-state index in [9.17, 15) is 24.3 Å². The van der Waals surface area contributed by atoms with Crippen molar-refractivity contribution in [3.63, 3.8) is 0 Å². The highest BCUT2D eigenvalue weighted by molar-refractivity contribution is 7.41. The minimum atomic E-state index is -3.23. The lowest BCUT2D eigenvalue weighted by Gasteiger charge is -2.39. The highest BCUT2D eigenvalue weighted by atomic mass is 31.2. The number of methoxy groups -OCH3 is 2. The van der Waals surface area contributed by atoms with Gasteiger partial charge in [0.15, 0.2) is 44.6 Å². The fourth-order valence-electron chi connectivity index (χ4n) is 10.5. The van der Waals surface area contributed by atoms with Crippen molar-refractivity contribution in [1.29, 1.82) is 5.26 Å². The van der Waals surface area contributed by atoms with E-state index in [-0.39, 0.29) is 72.2 Å². The maximum absolute atomic E-state index is 13.5. The Morgan fingerprint density at radius 1 is 0.800 bits per heavy atom.